The van der Waals surface area contributed by atoms with E-state index < -0.39 is 0 Å². The normalized spacial score (nSPS) is 27.5. The van der Waals surface area contributed by atoms with Gasteiger partial charge < -0.3 is 0 Å². The summed E-state index contributed by atoms with van der Waals surface area (Å²) >= 11 is 0. The molecule has 1 unspecified atom stereocenters. The van der Waals surface area contributed by atoms with Gasteiger partial charge in [-0.15, -0.1) is 0 Å². The molecule has 0 nitrogen and oxygen atoms in total. The maximum Gasteiger partial charge on any atom is -0.00695 e. The molecule has 11 heavy (non-hydrogen) atoms. The summed E-state index contributed by atoms with van der Waals surface area (Å²) in [6.45, 7) is 2.21. The first-order chi connectivity index (χ1) is 5.36. The topological polar surface area (TPSA) is 0 Å². The van der Waals surface area contributed by atoms with Crippen molar-refractivity contribution in [2.24, 2.45) is 5.92 Å². The van der Waals surface area contributed by atoms with Crippen LogP contribution < -0.4 is 0 Å². The van der Waals surface area contributed by atoms with Crippen LogP contribution in [0.3, 0.4) is 0 Å². The predicted molar refractivity (Wildman–Crippen MR) is 48.2 cm³/mol. The van der Waals surface area contributed by atoms with Gasteiger partial charge in [-0.3, -0.25) is 0 Å². The van der Waals surface area contributed by atoms with Gasteiger partial charge in [-0.1, -0.05) is 43.4 Å². The Morgan fingerprint density at radius 2 is 2.36 bits per heavy atom. The van der Waals surface area contributed by atoms with Crippen molar-refractivity contribution in [1.29, 1.82) is 0 Å². The van der Waals surface area contributed by atoms with Crippen LogP contribution in [0.4, 0.5) is 0 Å². The van der Waals surface area contributed by atoms with Gasteiger partial charge in [-0.25, -0.2) is 0 Å². The average Bonchev–Trinajstić information content (AvgIpc) is 2.55. The summed E-state index contributed by atoms with van der Waals surface area (Å²) in [6.07, 6.45) is 14.4. The van der Waals surface area contributed by atoms with Crippen molar-refractivity contribution in [3.8, 4) is 0 Å². The molecule has 0 heteroatoms. The molecule has 0 fully saturated rings. The maximum absolute atomic E-state index is 2.32. The third kappa shape index (κ3) is 1.21. The molecule has 0 heterocycles. The van der Waals surface area contributed by atoms with Crippen LogP contribution in [0.25, 0.3) is 0 Å². The van der Waals surface area contributed by atoms with Gasteiger partial charge in [0.15, 0.2) is 0 Å². The fraction of sp³-hybridized carbons (Fsp3) is 0.273. The smallest absolute Gasteiger partial charge is 0.00695 e. The van der Waals surface area contributed by atoms with Crippen LogP contribution in [0.5, 0.6) is 0 Å². The molecule has 0 amide bonds. The predicted octanol–water partition coefficient (Wildman–Crippen LogP) is 3.01. The van der Waals surface area contributed by atoms with Crippen LogP contribution in [0, 0.1) is 5.92 Å². The van der Waals surface area contributed by atoms with Crippen LogP contribution in [0.15, 0.2) is 47.6 Å². The second-order valence-electron chi connectivity index (χ2n) is 3.16. The van der Waals surface area contributed by atoms with E-state index in [1.807, 2.05) is 0 Å². The van der Waals surface area contributed by atoms with Crippen molar-refractivity contribution < 1.29 is 0 Å². The largest absolute Gasteiger partial charge is 0.0801 e. The third-order valence-electron chi connectivity index (χ3n) is 2.16. The minimum atomic E-state index is 0.631. The van der Waals surface area contributed by atoms with E-state index in [1.54, 1.807) is 0 Å². The molecule has 0 aromatic carbocycles. The summed E-state index contributed by atoms with van der Waals surface area (Å²) < 4.78 is 0. The van der Waals surface area contributed by atoms with Crippen molar-refractivity contribution in [3.05, 3.63) is 47.6 Å². The SMILES string of the molecule is CC1C=CC(C2=CC=CC2)=C1. The van der Waals surface area contributed by atoms with Gasteiger partial charge in [-0.2, -0.15) is 0 Å². The van der Waals surface area contributed by atoms with Crippen LogP contribution in [0.2, 0.25) is 0 Å². The Kier molecular flexibility index (Phi) is 1.54. The lowest BCUT2D eigenvalue weighted by Crippen LogP contribution is -1.80. The maximum atomic E-state index is 2.32. The van der Waals surface area contributed by atoms with Crippen LogP contribution >= 0.6 is 0 Å². The monoisotopic (exact) mass is 144 g/mol. The first-order valence-corrected chi connectivity index (χ1v) is 4.12. The molecule has 56 valence electrons. The van der Waals surface area contributed by atoms with Gasteiger partial charge in [0.1, 0.15) is 0 Å². The molecule has 0 radical (unpaired) electrons. The highest BCUT2D eigenvalue weighted by atomic mass is 14.1. The highest BCUT2D eigenvalue weighted by molar-refractivity contribution is 5.48. The van der Waals surface area contributed by atoms with Gasteiger partial charge in [0.05, 0.1) is 0 Å². The summed E-state index contributed by atoms with van der Waals surface area (Å²) in [4.78, 5) is 0. The Morgan fingerprint density at radius 3 is 2.91 bits per heavy atom. The van der Waals surface area contributed by atoms with Gasteiger partial charge in [0.2, 0.25) is 0 Å². The number of rotatable bonds is 1. The first-order valence-electron chi connectivity index (χ1n) is 4.12. The van der Waals surface area contributed by atoms with E-state index in [1.165, 1.54) is 11.1 Å². The number of hydrogen-bond acceptors (Lipinski definition) is 0. The van der Waals surface area contributed by atoms with E-state index in [9.17, 15) is 0 Å². The quantitative estimate of drug-likeness (QED) is 0.530. The zero-order valence-corrected chi connectivity index (χ0v) is 6.75. The molecule has 0 saturated heterocycles. The minimum Gasteiger partial charge on any atom is -0.0801 e. The van der Waals surface area contributed by atoms with Gasteiger partial charge in [0.25, 0.3) is 0 Å². The molecule has 2 aliphatic rings. The van der Waals surface area contributed by atoms with E-state index >= 15 is 0 Å². The lowest BCUT2D eigenvalue weighted by Gasteiger charge is -1.98. The molecular weight excluding hydrogens is 132 g/mol. The molecule has 0 aromatic heterocycles. The molecule has 0 saturated carbocycles. The summed E-state index contributed by atoms with van der Waals surface area (Å²) in [5.74, 6) is 0.631. The lowest BCUT2D eigenvalue weighted by molar-refractivity contribution is 0.955. The van der Waals surface area contributed by atoms with E-state index in [4.69, 9.17) is 0 Å². The standard InChI is InChI=1S/C11H12/c1-9-6-7-11(8-9)10-4-2-3-5-10/h2-4,6-9H,5H2,1H3. The molecule has 0 aliphatic heterocycles. The summed E-state index contributed by atoms with van der Waals surface area (Å²) in [6, 6.07) is 0. The lowest BCUT2D eigenvalue weighted by atomic mass is 10.1. The molecule has 1 atom stereocenters. The zero-order valence-electron chi connectivity index (χ0n) is 6.75. The molecule has 2 aliphatic carbocycles. The third-order valence-corrected chi connectivity index (χ3v) is 2.16. The van der Waals surface area contributed by atoms with Crippen LogP contribution in [-0.2, 0) is 0 Å². The highest BCUT2D eigenvalue weighted by Crippen LogP contribution is 2.26. The Labute approximate surface area is 67.6 Å². The van der Waals surface area contributed by atoms with Crippen LogP contribution in [-0.4, -0.2) is 0 Å². The van der Waals surface area contributed by atoms with E-state index in [0.29, 0.717) is 5.92 Å². The zero-order chi connectivity index (χ0) is 7.68. The Morgan fingerprint density at radius 1 is 1.45 bits per heavy atom. The fourth-order valence-electron chi connectivity index (χ4n) is 1.53. The van der Waals surface area contributed by atoms with E-state index in [2.05, 4.69) is 43.4 Å². The fourth-order valence-corrected chi connectivity index (χ4v) is 1.53. The second kappa shape index (κ2) is 2.54. The van der Waals surface area contributed by atoms with Crippen molar-refractivity contribution in [2.75, 3.05) is 0 Å². The van der Waals surface area contributed by atoms with Crippen molar-refractivity contribution in [1.82, 2.24) is 0 Å². The van der Waals surface area contributed by atoms with Crippen molar-refractivity contribution in [3.63, 3.8) is 0 Å². The van der Waals surface area contributed by atoms with E-state index in [-0.39, 0.29) is 0 Å². The highest BCUT2D eigenvalue weighted by Gasteiger charge is 2.08. The average molecular weight is 144 g/mol. The minimum absolute atomic E-state index is 0.631. The molecule has 0 spiro atoms. The first kappa shape index (κ1) is 6.66. The molecule has 0 N–H and O–H groups in total. The number of hydrogen-bond donors (Lipinski definition) is 0. The van der Waals surface area contributed by atoms with Gasteiger partial charge >= 0.3 is 0 Å². The Balaban J connectivity index is 2.19. The summed E-state index contributed by atoms with van der Waals surface area (Å²) in [7, 11) is 0. The van der Waals surface area contributed by atoms with E-state index in [0.717, 1.165) is 6.42 Å². The van der Waals surface area contributed by atoms with Crippen molar-refractivity contribution in [2.45, 2.75) is 13.3 Å². The van der Waals surface area contributed by atoms with Crippen molar-refractivity contribution >= 4 is 0 Å². The molecular formula is C11H12. The molecule has 0 bridgehead atoms. The van der Waals surface area contributed by atoms with Gasteiger partial charge in [-0.05, 0) is 23.5 Å². The Hall–Kier alpha value is -1.04. The van der Waals surface area contributed by atoms with Crippen LogP contribution in [0.1, 0.15) is 13.3 Å². The Bertz CT molecular complexity index is 274. The molecule has 0 aromatic rings. The number of allylic oxidation sites excluding steroid dienone is 8. The molecule has 2 rings (SSSR count). The van der Waals surface area contributed by atoms with Gasteiger partial charge in [0, 0.05) is 0 Å². The summed E-state index contributed by atoms with van der Waals surface area (Å²) in [5, 5.41) is 0. The second-order valence-corrected chi connectivity index (χ2v) is 3.16. The summed E-state index contributed by atoms with van der Waals surface area (Å²) in [5.41, 5.74) is 2.88.